The molecule has 4 aromatic rings. The van der Waals surface area contributed by atoms with Crippen LogP contribution in [0.3, 0.4) is 0 Å². The van der Waals surface area contributed by atoms with Crippen molar-refractivity contribution in [1.29, 1.82) is 0 Å². The lowest BCUT2D eigenvalue weighted by atomic mass is 10.0. The lowest BCUT2D eigenvalue weighted by Gasteiger charge is -2.09. The summed E-state index contributed by atoms with van der Waals surface area (Å²) in [5.74, 6) is -0.799. The van der Waals surface area contributed by atoms with E-state index >= 15 is 0 Å². The van der Waals surface area contributed by atoms with Gasteiger partial charge in [0.2, 0.25) is 0 Å². The molecule has 4 rings (SSSR count). The first-order valence-electron chi connectivity index (χ1n) is 8.85. The van der Waals surface area contributed by atoms with Crippen molar-refractivity contribution >= 4 is 39.0 Å². The number of fused-ring (bicyclic) bond motifs is 1. The van der Waals surface area contributed by atoms with Gasteiger partial charge < -0.3 is 0 Å². The van der Waals surface area contributed by atoms with Crippen LogP contribution in [0.1, 0.15) is 15.9 Å². The molecule has 6 heteroatoms. The number of hydrazone groups is 1. The van der Waals surface area contributed by atoms with Crippen LogP contribution < -0.4 is 5.43 Å². The highest BCUT2D eigenvalue weighted by Crippen LogP contribution is 2.26. The Balaban J connectivity index is 1.69. The molecule has 4 nitrogen and oxygen atoms in total. The van der Waals surface area contributed by atoms with Gasteiger partial charge in [0.1, 0.15) is 5.82 Å². The second-order valence-corrected chi connectivity index (χ2v) is 7.22. The van der Waals surface area contributed by atoms with E-state index in [4.69, 9.17) is 0 Å². The van der Waals surface area contributed by atoms with E-state index in [2.05, 4.69) is 31.4 Å². The van der Waals surface area contributed by atoms with Crippen LogP contribution >= 0.6 is 15.9 Å². The number of halogens is 2. The molecule has 0 saturated heterocycles. The zero-order chi connectivity index (χ0) is 20.2. The second kappa shape index (κ2) is 8.32. The van der Waals surface area contributed by atoms with Crippen LogP contribution in [0.25, 0.3) is 22.2 Å². The van der Waals surface area contributed by atoms with Gasteiger partial charge >= 0.3 is 0 Å². The van der Waals surface area contributed by atoms with E-state index in [1.165, 1.54) is 12.3 Å². The van der Waals surface area contributed by atoms with E-state index in [-0.39, 0.29) is 0 Å². The predicted molar refractivity (Wildman–Crippen MR) is 116 cm³/mol. The van der Waals surface area contributed by atoms with E-state index in [1.54, 1.807) is 24.3 Å². The van der Waals surface area contributed by atoms with E-state index in [9.17, 15) is 9.18 Å². The predicted octanol–water partition coefficient (Wildman–Crippen LogP) is 5.57. The molecule has 1 aromatic heterocycles. The Bertz CT molecular complexity index is 1220. The van der Waals surface area contributed by atoms with Crippen molar-refractivity contribution in [3.05, 3.63) is 100 Å². The first-order valence-corrected chi connectivity index (χ1v) is 9.65. The minimum atomic E-state index is -0.405. The minimum absolute atomic E-state index is 0.294. The van der Waals surface area contributed by atoms with Crippen molar-refractivity contribution < 1.29 is 9.18 Å². The van der Waals surface area contributed by atoms with Gasteiger partial charge in [0, 0.05) is 21.0 Å². The van der Waals surface area contributed by atoms with Crippen molar-refractivity contribution in [3.63, 3.8) is 0 Å². The number of pyridine rings is 1. The summed E-state index contributed by atoms with van der Waals surface area (Å²) < 4.78 is 14.7. The molecule has 1 amide bonds. The zero-order valence-corrected chi connectivity index (χ0v) is 16.7. The van der Waals surface area contributed by atoms with Gasteiger partial charge in [-0.05, 0) is 30.3 Å². The van der Waals surface area contributed by atoms with Gasteiger partial charge in [0.05, 0.1) is 23.0 Å². The molecule has 0 fully saturated rings. The molecule has 0 radical (unpaired) electrons. The number of para-hydroxylation sites is 1. The molecule has 142 valence electrons. The fourth-order valence-electron chi connectivity index (χ4n) is 2.93. The van der Waals surface area contributed by atoms with Crippen LogP contribution in [0.5, 0.6) is 0 Å². The van der Waals surface area contributed by atoms with Gasteiger partial charge in [0.25, 0.3) is 5.91 Å². The summed E-state index contributed by atoms with van der Waals surface area (Å²) in [6.07, 6.45) is 1.28. The number of carbonyl (C=O) groups is 1. The van der Waals surface area contributed by atoms with Crippen LogP contribution in [-0.4, -0.2) is 17.1 Å². The molecule has 0 aliphatic heterocycles. The number of benzene rings is 3. The number of rotatable bonds is 4. The summed E-state index contributed by atoms with van der Waals surface area (Å²) in [6.45, 7) is 0. The second-order valence-electron chi connectivity index (χ2n) is 6.30. The number of hydrogen-bond acceptors (Lipinski definition) is 3. The van der Waals surface area contributed by atoms with E-state index in [0.717, 1.165) is 10.0 Å². The quantitative estimate of drug-likeness (QED) is 0.328. The monoisotopic (exact) mass is 447 g/mol. The Morgan fingerprint density at radius 3 is 2.52 bits per heavy atom. The van der Waals surface area contributed by atoms with Crippen molar-refractivity contribution in [2.24, 2.45) is 5.10 Å². The van der Waals surface area contributed by atoms with E-state index in [0.29, 0.717) is 27.7 Å². The number of nitrogens with one attached hydrogen (secondary N) is 1. The van der Waals surface area contributed by atoms with Gasteiger partial charge in [0.15, 0.2) is 0 Å². The molecule has 0 bridgehead atoms. The molecular weight excluding hydrogens is 433 g/mol. The molecule has 0 saturated carbocycles. The summed E-state index contributed by atoms with van der Waals surface area (Å²) >= 11 is 3.42. The molecule has 0 aliphatic rings. The first kappa shape index (κ1) is 19.0. The van der Waals surface area contributed by atoms with E-state index < -0.39 is 11.7 Å². The number of hydrogen-bond donors (Lipinski definition) is 1. The van der Waals surface area contributed by atoms with Gasteiger partial charge in [-0.3, -0.25) is 4.79 Å². The molecular formula is C23H15BrFN3O. The van der Waals surface area contributed by atoms with Crippen LogP contribution in [-0.2, 0) is 0 Å². The van der Waals surface area contributed by atoms with Crippen LogP contribution in [0.15, 0.2) is 88.4 Å². The van der Waals surface area contributed by atoms with Crippen LogP contribution in [0, 0.1) is 5.82 Å². The highest BCUT2D eigenvalue weighted by molar-refractivity contribution is 9.10. The standard InChI is InChI=1S/C23H15BrFN3O/c24-17-11-9-15(10-12-17)22-13-19(18-6-2-4-8-21(18)27-22)23(29)28-26-14-16-5-1-3-7-20(16)25/h1-14H,(H,28,29)/b26-14-. The van der Waals surface area contributed by atoms with Crippen molar-refractivity contribution in [3.8, 4) is 11.3 Å². The number of carbonyl (C=O) groups excluding carboxylic acids is 1. The van der Waals surface area contributed by atoms with E-state index in [1.807, 2.05) is 48.5 Å². The Hall–Kier alpha value is -3.38. The van der Waals surface area contributed by atoms with Gasteiger partial charge in [-0.2, -0.15) is 5.10 Å². The lowest BCUT2D eigenvalue weighted by Crippen LogP contribution is -2.18. The SMILES string of the molecule is O=C(N/N=C\c1ccccc1F)c1cc(-c2ccc(Br)cc2)nc2ccccc12. The first-order chi connectivity index (χ1) is 14.1. The summed E-state index contributed by atoms with van der Waals surface area (Å²) in [7, 11) is 0. The average molecular weight is 448 g/mol. The molecule has 0 unspecified atom stereocenters. The third-order valence-electron chi connectivity index (χ3n) is 4.38. The molecule has 3 aromatic carbocycles. The highest BCUT2D eigenvalue weighted by atomic mass is 79.9. The summed E-state index contributed by atoms with van der Waals surface area (Å²) in [6, 6.07) is 23.1. The molecule has 0 aliphatic carbocycles. The molecule has 1 heterocycles. The Morgan fingerprint density at radius 2 is 1.72 bits per heavy atom. The maximum Gasteiger partial charge on any atom is 0.272 e. The lowest BCUT2D eigenvalue weighted by molar-refractivity contribution is 0.0956. The molecule has 0 atom stereocenters. The maximum atomic E-state index is 13.7. The zero-order valence-electron chi connectivity index (χ0n) is 15.1. The van der Waals surface area contributed by atoms with Crippen molar-refractivity contribution in [2.45, 2.75) is 0 Å². The number of amides is 1. The summed E-state index contributed by atoms with van der Waals surface area (Å²) in [4.78, 5) is 17.5. The van der Waals surface area contributed by atoms with Gasteiger partial charge in [-0.15, -0.1) is 0 Å². The molecule has 0 spiro atoms. The van der Waals surface area contributed by atoms with Gasteiger partial charge in [-0.1, -0.05) is 64.5 Å². The number of aromatic nitrogens is 1. The van der Waals surface area contributed by atoms with Crippen LogP contribution in [0.2, 0.25) is 0 Å². The van der Waals surface area contributed by atoms with Crippen molar-refractivity contribution in [2.75, 3.05) is 0 Å². The fourth-order valence-corrected chi connectivity index (χ4v) is 3.20. The van der Waals surface area contributed by atoms with Crippen LogP contribution in [0.4, 0.5) is 4.39 Å². The smallest absolute Gasteiger partial charge is 0.267 e. The summed E-state index contributed by atoms with van der Waals surface area (Å²) in [5, 5.41) is 4.62. The average Bonchev–Trinajstić information content (AvgIpc) is 2.74. The highest BCUT2D eigenvalue weighted by Gasteiger charge is 2.13. The topological polar surface area (TPSA) is 54.4 Å². The molecule has 1 N–H and O–H groups in total. The Morgan fingerprint density at radius 1 is 1.00 bits per heavy atom. The molecule has 29 heavy (non-hydrogen) atoms. The van der Waals surface area contributed by atoms with Crippen molar-refractivity contribution in [1.82, 2.24) is 10.4 Å². The Labute approximate surface area is 175 Å². The third kappa shape index (κ3) is 4.22. The maximum absolute atomic E-state index is 13.7. The number of nitrogens with zero attached hydrogens (tertiary/aromatic N) is 2. The Kier molecular flexibility index (Phi) is 5.44. The normalized spacial score (nSPS) is 11.1. The van der Waals surface area contributed by atoms with Gasteiger partial charge in [-0.25, -0.2) is 14.8 Å². The third-order valence-corrected chi connectivity index (χ3v) is 4.90. The minimum Gasteiger partial charge on any atom is -0.267 e. The largest absolute Gasteiger partial charge is 0.272 e. The fraction of sp³-hybridized carbons (Fsp3) is 0. The summed E-state index contributed by atoms with van der Waals surface area (Å²) in [5.41, 5.74) is 5.50.